The molecule has 13 nitrogen and oxygen atoms in total. The maximum Gasteiger partial charge on any atom is 0.331 e. The summed E-state index contributed by atoms with van der Waals surface area (Å²) in [4.78, 5) is 45.3. The summed E-state index contributed by atoms with van der Waals surface area (Å²) in [6.07, 6.45) is 8.08. The molecule has 7 rings (SSSR count). The molecular weight excluding hydrogens is 564 g/mol. The predicted molar refractivity (Wildman–Crippen MR) is 156 cm³/mol. The Balaban J connectivity index is 1.04. The molecular formula is C31H28N8O5. The van der Waals surface area contributed by atoms with Crippen molar-refractivity contribution in [2.75, 3.05) is 30.9 Å². The topological polar surface area (TPSA) is 155 Å². The largest absolute Gasteiger partial charge is 0.497 e. The standard InChI is InChI=1S/C31H28N8O5/c1-37-28(40)15-39(31(37)42)26-7-19(17-3-4-17)13-38-14-20(34-29(26)38)16-44-22-9-27(36-33-12-22)35-30(41)25-10-24(25)23-8-21(43-2)6-5-18(23)11-32/h5-9,12-14,17,24-25H,3-4,10,15-16H2,1-2H3,(H,35,36,41)/t24-,25+/m1/s1. The van der Waals surface area contributed by atoms with Gasteiger partial charge >= 0.3 is 6.03 Å². The Hall–Kier alpha value is -5.51. The van der Waals surface area contributed by atoms with Crippen LogP contribution in [0.5, 0.6) is 11.5 Å². The van der Waals surface area contributed by atoms with E-state index in [9.17, 15) is 19.6 Å². The minimum atomic E-state index is -0.380. The van der Waals surface area contributed by atoms with Crippen LogP contribution in [-0.4, -0.2) is 63.0 Å². The zero-order valence-corrected chi connectivity index (χ0v) is 24.1. The second-order valence-corrected chi connectivity index (χ2v) is 11.3. The average Bonchev–Trinajstić information content (AvgIpc) is 3.97. The lowest BCUT2D eigenvalue weighted by Crippen LogP contribution is -2.30. The van der Waals surface area contributed by atoms with Crippen molar-refractivity contribution in [3.8, 4) is 17.6 Å². The first-order chi connectivity index (χ1) is 21.3. The number of nitrogens with zero attached hydrogens (tertiary/aromatic N) is 7. The number of carbonyl (C=O) groups is 3. The number of imidazole rings is 1. The molecule has 3 fully saturated rings. The van der Waals surface area contributed by atoms with Crippen molar-refractivity contribution in [3.05, 3.63) is 71.3 Å². The first-order valence-electron chi connectivity index (χ1n) is 14.3. The van der Waals surface area contributed by atoms with Crippen molar-refractivity contribution in [2.45, 2.75) is 37.7 Å². The molecule has 4 heterocycles. The summed E-state index contributed by atoms with van der Waals surface area (Å²) in [7, 11) is 3.04. The molecule has 0 unspecified atom stereocenters. The van der Waals surface area contributed by atoms with Crippen LogP contribution in [-0.2, 0) is 16.2 Å². The molecule has 4 amide bonds. The third-order valence-electron chi connectivity index (χ3n) is 8.30. The molecule has 1 aromatic carbocycles. The van der Waals surface area contributed by atoms with Gasteiger partial charge in [0, 0.05) is 31.4 Å². The van der Waals surface area contributed by atoms with Gasteiger partial charge in [-0.25, -0.2) is 9.78 Å². The first-order valence-corrected chi connectivity index (χ1v) is 14.3. The average molecular weight is 593 g/mol. The van der Waals surface area contributed by atoms with E-state index >= 15 is 0 Å². The second kappa shape index (κ2) is 10.6. The van der Waals surface area contributed by atoms with Crippen molar-refractivity contribution < 1.29 is 23.9 Å². The number of rotatable bonds is 9. The van der Waals surface area contributed by atoms with E-state index in [-0.39, 0.29) is 48.7 Å². The highest BCUT2D eigenvalue weighted by molar-refractivity contribution is 6.13. The number of carbonyl (C=O) groups excluding carboxylic acids is 3. The quantitative estimate of drug-likeness (QED) is 0.287. The van der Waals surface area contributed by atoms with Crippen molar-refractivity contribution in [1.29, 1.82) is 5.26 Å². The van der Waals surface area contributed by atoms with E-state index in [4.69, 9.17) is 14.5 Å². The van der Waals surface area contributed by atoms with E-state index in [1.54, 1.807) is 31.4 Å². The number of fused-ring (bicyclic) bond motifs is 1. The van der Waals surface area contributed by atoms with Gasteiger partial charge in [-0.3, -0.25) is 19.4 Å². The highest BCUT2D eigenvalue weighted by Crippen LogP contribution is 2.49. The fraction of sp³-hybridized carbons (Fsp3) is 0.323. The highest BCUT2D eigenvalue weighted by atomic mass is 16.5. The van der Waals surface area contributed by atoms with E-state index in [1.807, 2.05) is 22.9 Å². The number of amides is 4. The number of imide groups is 1. The van der Waals surface area contributed by atoms with Gasteiger partial charge in [0.1, 0.15) is 24.7 Å². The molecule has 2 atom stereocenters. The molecule has 3 aromatic heterocycles. The summed E-state index contributed by atoms with van der Waals surface area (Å²) in [6, 6.07) is 10.6. The van der Waals surface area contributed by atoms with Gasteiger partial charge in [0.25, 0.3) is 0 Å². The second-order valence-electron chi connectivity index (χ2n) is 11.3. The van der Waals surface area contributed by atoms with E-state index in [0.717, 1.165) is 28.9 Å². The Bertz CT molecular complexity index is 1880. The van der Waals surface area contributed by atoms with Gasteiger partial charge in [0.05, 0.1) is 36.3 Å². The number of pyridine rings is 1. The molecule has 4 aromatic rings. The smallest absolute Gasteiger partial charge is 0.331 e. The van der Waals surface area contributed by atoms with Gasteiger partial charge < -0.3 is 19.2 Å². The summed E-state index contributed by atoms with van der Waals surface area (Å²) < 4.78 is 13.1. The molecule has 222 valence electrons. The molecule has 0 spiro atoms. The number of aromatic nitrogens is 4. The summed E-state index contributed by atoms with van der Waals surface area (Å²) in [5, 5.41) is 20.3. The van der Waals surface area contributed by atoms with Crippen molar-refractivity contribution in [1.82, 2.24) is 24.5 Å². The maximum atomic E-state index is 13.0. The van der Waals surface area contributed by atoms with Crippen LogP contribution < -0.4 is 19.7 Å². The van der Waals surface area contributed by atoms with Crippen LogP contribution >= 0.6 is 0 Å². The fourth-order valence-electron chi connectivity index (χ4n) is 5.62. The molecule has 0 radical (unpaired) electrons. The third kappa shape index (κ3) is 5.04. The number of methoxy groups -OCH3 is 1. The van der Waals surface area contributed by atoms with Crippen molar-refractivity contribution in [3.63, 3.8) is 0 Å². The Morgan fingerprint density at radius 1 is 1.16 bits per heavy atom. The molecule has 1 N–H and O–H groups in total. The maximum absolute atomic E-state index is 13.0. The van der Waals surface area contributed by atoms with E-state index in [2.05, 4.69) is 21.6 Å². The van der Waals surface area contributed by atoms with Gasteiger partial charge in [-0.05, 0) is 66.5 Å². The normalized spacial score (nSPS) is 19.3. The molecule has 2 saturated carbocycles. The minimum Gasteiger partial charge on any atom is -0.497 e. The highest BCUT2D eigenvalue weighted by Gasteiger charge is 2.45. The molecule has 1 saturated heterocycles. The van der Waals surface area contributed by atoms with Crippen LogP contribution in [0.1, 0.15) is 53.5 Å². The number of ether oxygens (including phenoxy) is 2. The SMILES string of the molecule is COc1ccc(C#N)c([C@H]2C[C@@H]2C(=O)Nc2cc(OCc3cn4cc(C5CC5)cc(N5CC(=O)N(C)C5=O)c4n3)cnn2)c1. The summed E-state index contributed by atoms with van der Waals surface area (Å²) in [5.74, 6) is 0.839. The van der Waals surface area contributed by atoms with Crippen molar-refractivity contribution >= 4 is 35.0 Å². The van der Waals surface area contributed by atoms with Crippen LogP contribution in [0.4, 0.5) is 16.3 Å². The number of likely N-dealkylation sites (N-methyl/N-ethyl adjacent to an activating group) is 1. The number of anilines is 2. The Morgan fingerprint density at radius 2 is 2.00 bits per heavy atom. The van der Waals surface area contributed by atoms with Crippen LogP contribution in [0.25, 0.3) is 5.65 Å². The molecule has 2 aliphatic carbocycles. The van der Waals surface area contributed by atoms with Gasteiger partial charge in [-0.15, -0.1) is 5.10 Å². The van der Waals surface area contributed by atoms with Crippen LogP contribution in [0, 0.1) is 17.2 Å². The lowest BCUT2D eigenvalue weighted by Gasteiger charge is -2.17. The van der Waals surface area contributed by atoms with Gasteiger partial charge in [0.15, 0.2) is 11.5 Å². The van der Waals surface area contributed by atoms with Gasteiger partial charge in [0.2, 0.25) is 11.8 Å². The lowest BCUT2D eigenvalue weighted by molar-refractivity contribution is -0.124. The Labute approximate surface area is 252 Å². The lowest BCUT2D eigenvalue weighted by atomic mass is 10.0. The fourth-order valence-corrected chi connectivity index (χ4v) is 5.62. The summed E-state index contributed by atoms with van der Waals surface area (Å²) >= 11 is 0. The monoisotopic (exact) mass is 592 g/mol. The Morgan fingerprint density at radius 3 is 2.73 bits per heavy atom. The number of hydrogen-bond donors (Lipinski definition) is 1. The molecule has 13 heteroatoms. The van der Waals surface area contributed by atoms with Crippen LogP contribution in [0.2, 0.25) is 0 Å². The number of benzene rings is 1. The molecule has 44 heavy (non-hydrogen) atoms. The summed E-state index contributed by atoms with van der Waals surface area (Å²) in [5.41, 5.74) is 4.17. The molecule has 1 aliphatic heterocycles. The van der Waals surface area contributed by atoms with E-state index < -0.39 is 0 Å². The van der Waals surface area contributed by atoms with Crippen LogP contribution in [0.3, 0.4) is 0 Å². The summed E-state index contributed by atoms with van der Waals surface area (Å²) in [6.45, 7) is 0.0683. The first kappa shape index (κ1) is 27.3. The number of hydrogen-bond acceptors (Lipinski definition) is 9. The predicted octanol–water partition coefficient (Wildman–Crippen LogP) is 3.60. The van der Waals surface area contributed by atoms with Gasteiger partial charge in [-0.1, -0.05) is 0 Å². The zero-order chi connectivity index (χ0) is 30.5. The third-order valence-corrected chi connectivity index (χ3v) is 8.30. The molecule has 0 bridgehead atoms. The number of urea groups is 1. The zero-order valence-electron chi connectivity index (χ0n) is 24.1. The van der Waals surface area contributed by atoms with Crippen molar-refractivity contribution in [2.24, 2.45) is 5.92 Å². The van der Waals surface area contributed by atoms with Crippen LogP contribution in [0.15, 0.2) is 48.9 Å². The number of nitriles is 1. The van der Waals surface area contributed by atoms with E-state index in [0.29, 0.717) is 46.4 Å². The van der Waals surface area contributed by atoms with Gasteiger partial charge in [-0.2, -0.15) is 10.4 Å². The van der Waals surface area contributed by atoms with E-state index in [1.165, 1.54) is 18.1 Å². The Kier molecular flexibility index (Phi) is 6.61. The minimum absolute atomic E-state index is 0.0321. The number of nitrogens with one attached hydrogen (secondary N) is 1. The molecule has 3 aliphatic rings.